The Bertz CT molecular complexity index is 344. The molecule has 1 aromatic rings. The van der Waals surface area contributed by atoms with Crippen molar-refractivity contribution < 1.29 is 4.79 Å². The maximum atomic E-state index is 11.7. The molecule has 0 spiro atoms. The van der Waals surface area contributed by atoms with Gasteiger partial charge in [-0.25, -0.2) is 0 Å². The Kier molecular flexibility index (Phi) is 3.89. The van der Waals surface area contributed by atoms with Crippen molar-refractivity contribution in [1.29, 1.82) is 0 Å². The Morgan fingerprint density at radius 2 is 2.00 bits per heavy atom. The molecule has 2 N–H and O–H groups in total. The summed E-state index contributed by atoms with van der Waals surface area (Å²) in [7, 11) is 0. The van der Waals surface area contributed by atoms with Gasteiger partial charge in [-0.2, -0.15) is 0 Å². The van der Waals surface area contributed by atoms with Crippen LogP contribution in [0.4, 0.5) is 5.69 Å². The van der Waals surface area contributed by atoms with Crippen molar-refractivity contribution in [3.05, 3.63) is 29.8 Å². The average molecular weight is 205 g/mol. The van der Waals surface area contributed by atoms with E-state index in [2.05, 4.69) is 0 Å². The Morgan fingerprint density at radius 1 is 1.33 bits per heavy atom. The minimum atomic E-state index is 0.0757. The lowest BCUT2D eigenvalue weighted by Crippen LogP contribution is -2.19. The van der Waals surface area contributed by atoms with Crippen molar-refractivity contribution in [2.24, 2.45) is 11.8 Å². The fourth-order valence-electron chi connectivity index (χ4n) is 1.74. The Hall–Kier alpha value is -1.31. The second-order valence-electron chi connectivity index (χ2n) is 4.41. The van der Waals surface area contributed by atoms with Gasteiger partial charge < -0.3 is 5.73 Å². The van der Waals surface area contributed by atoms with Crippen LogP contribution in [0.2, 0.25) is 0 Å². The highest BCUT2D eigenvalue weighted by molar-refractivity contribution is 5.82. The lowest BCUT2D eigenvalue weighted by atomic mass is 9.91. The molecule has 0 saturated carbocycles. The van der Waals surface area contributed by atoms with Crippen molar-refractivity contribution in [3.63, 3.8) is 0 Å². The minimum absolute atomic E-state index is 0.0757. The van der Waals surface area contributed by atoms with Crippen molar-refractivity contribution in [1.82, 2.24) is 0 Å². The number of benzene rings is 1. The monoisotopic (exact) mass is 205 g/mol. The summed E-state index contributed by atoms with van der Waals surface area (Å²) in [5.74, 6) is 0.505. The standard InChI is InChI=1S/C13H19NO/c1-9(2)13(15)10(3)7-11-5-4-6-12(14)8-11/h4-6,8-10H,7,14H2,1-3H3/t10-/m0/s1. The largest absolute Gasteiger partial charge is 0.399 e. The maximum absolute atomic E-state index is 11.7. The summed E-state index contributed by atoms with van der Waals surface area (Å²) in [4.78, 5) is 11.7. The van der Waals surface area contributed by atoms with Gasteiger partial charge >= 0.3 is 0 Å². The van der Waals surface area contributed by atoms with Crippen LogP contribution in [0, 0.1) is 11.8 Å². The van der Waals surface area contributed by atoms with Crippen LogP contribution in [0.3, 0.4) is 0 Å². The van der Waals surface area contributed by atoms with Crippen LogP contribution in [0.1, 0.15) is 26.3 Å². The highest BCUT2D eigenvalue weighted by atomic mass is 16.1. The third-order valence-corrected chi connectivity index (χ3v) is 2.55. The first-order valence-electron chi connectivity index (χ1n) is 5.39. The molecule has 82 valence electrons. The van der Waals surface area contributed by atoms with Crippen LogP contribution >= 0.6 is 0 Å². The molecule has 0 aliphatic rings. The third-order valence-electron chi connectivity index (χ3n) is 2.55. The zero-order valence-corrected chi connectivity index (χ0v) is 9.66. The number of hydrogen-bond acceptors (Lipinski definition) is 2. The van der Waals surface area contributed by atoms with E-state index < -0.39 is 0 Å². The summed E-state index contributed by atoms with van der Waals surface area (Å²) < 4.78 is 0. The fourth-order valence-corrected chi connectivity index (χ4v) is 1.74. The van der Waals surface area contributed by atoms with Crippen molar-refractivity contribution in [2.75, 3.05) is 5.73 Å². The molecule has 0 aromatic heterocycles. The molecular weight excluding hydrogens is 186 g/mol. The van der Waals surface area contributed by atoms with Crippen LogP contribution in [0.15, 0.2) is 24.3 Å². The number of nitrogens with two attached hydrogens (primary N) is 1. The van der Waals surface area contributed by atoms with E-state index in [4.69, 9.17) is 5.73 Å². The molecule has 0 radical (unpaired) electrons. The second-order valence-corrected chi connectivity index (χ2v) is 4.41. The molecule has 0 aliphatic carbocycles. The molecule has 2 nitrogen and oxygen atoms in total. The van der Waals surface area contributed by atoms with Gasteiger partial charge in [-0.15, -0.1) is 0 Å². The molecular formula is C13H19NO. The number of rotatable bonds is 4. The molecule has 0 unspecified atom stereocenters. The van der Waals surface area contributed by atoms with E-state index in [0.717, 1.165) is 17.7 Å². The maximum Gasteiger partial charge on any atom is 0.138 e. The SMILES string of the molecule is CC(C)C(=O)[C@@H](C)Cc1cccc(N)c1. The van der Waals surface area contributed by atoms with Gasteiger partial charge in [0.2, 0.25) is 0 Å². The number of hydrogen-bond donors (Lipinski definition) is 1. The van der Waals surface area contributed by atoms with Gasteiger partial charge in [0.1, 0.15) is 5.78 Å². The van der Waals surface area contributed by atoms with Crippen LogP contribution in [0.25, 0.3) is 0 Å². The minimum Gasteiger partial charge on any atom is -0.399 e. The summed E-state index contributed by atoms with van der Waals surface area (Å²) in [6.45, 7) is 5.86. The quantitative estimate of drug-likeness (QED) is 0.768. The lowest BCUT2D eigenvalue weighted by molar-refractivity contribution is -0.125. The molecule has 0 fully saturated rings. The summed E-state index contributed by atoms with van der Waals surface area (Å²) >= 11 is 0. The summed E-state index contributed by atoms with van der Waals surface area (Å²) in [6, 6.07) is 7.74. The van der Waals surface area contributed by atoms with E-state index in [1.54, 1.807) is 0 Å². The molecule has 0 saturated heterocycles. The van der Waals surface area contributed by atoms with Gasteiger partial charge in [-0.05, 0) is 24.1 Å². The van der Waals surface area contributed by atoms with Crippen LogP contribution in [-0.4, -0.2) is 5.78 Å². The highest BCUT2D eigenvalue weighted by Gasteiger charge is 2.16. The molecule has 2 heteroatoms. The number of anilines is 1. The molecule has 1 aromatic carbocycles. The third kappa shape index (κ3) is 3.39. The van der Waals surface area contributed by atoms with E-state index in [-0.39, 0.29) is 11.8 Å². The van der Waals surface area contributed by atoms with Crippen molar-refractivity contribution in [3.8, 4) is 0 Å². The molecule has 0 heterocycles. The summed E-state index contributed by atoms with van der Waals surface area (Å²) in [5.41, 5.74) is 7.58. The lowest BCUT2D eigenvalue weighted by Gasteiger charge is -2.13. The molecule has 0 amide bonds. The Morgan fingerprint density at radius 3 is 2.53 bits per heavy atom. The van der Waals surface area contributed by atoms with Crippen molar-refractivity contribution >= 4 is 11.5 Å². The van der Waals surface area contributed by atoms with Crippen LogP contribution < -0.4 is 5.73 Å². The number of nitrogen functional groups attached to an aromatic ring is 1. The first-order chi connectivity index (χ1) is 7.00. The smallest absolute Gasteiger partial charge is 0.138 e. The second kappa shape index (κ2) is 4.96. The molecule has 15 heavy (non-hydrogen) atoms. The Labute approximate surface area is 91.5 Å². The fraction of sp³-hybridized carbons (Fsp3) is 0.462. The van der Waals surface area contributed by atoms with Gasteiger partial charge in [-0.3, -0.25) is 4.79 Å². The molecule has 1 rings (SSSR count). The molecule has 0 bridgehead atoms. The number of Topliss-reactive ketones (excluding diaryl/α,β-unsaturated/α-hetero) is 1. The zero-order valence-electron chi connectivity index (χ0n) is 9.66. The van der Waals surface area contributed by atoms with Gasteiger partial charge in [0.15, 0.2) is 0 Å². The van der Waals surface area contributed by atoms with Gasteiger partial charge in [0.05, 0.1) is 0 Å². The average Bonchev–Trinajstić information content (AvgIpc) is 2.16. The highest BCUT2D eigenvalue weighted by Crippen LogP contribution is 2.15. The van der Waals surface area contributed by atoms with Gasteiger partial charge in [0, 0.05) is 17.5 Å². The van der Waals surface area contributed by atoms with E-state index in [1.807, 2.05) is 45.0 Å². The first-order valence-corrected chi connectivity index (χ1v) is 5.39. The summed E-state index contributed by atoms with van der Waals surface area (Å²) in [5, 5.41) is 0. The van der Waals surface area contributed by atoms with Gasteiger partial charge in [0.25, 0.3) is 0 Å². The zero-order chi connectivity index (χ0) is 11.4. The predicted molar refractivity (Wildman–Crippen MR) is 63.6 cm³/mol. The topological polar surface area (TPSA) is 43.1 Å². The molecule has 0 aliphatic heterocycles. The van der Waals surface area contributed by atoms with Gasteiger partial charge in [-0.1, -0.05) is 32.9 Å². The van der Waals surface area contributed by atoms with Crippen molar-refractivity contribution in [2.45, 2.75) is 27.2 Å². The van der Waals surface area contributed by atoms with Crippen LogP contribution in [-0.2, 0) is 11.2 Å². The van der Waals surface area contributed by atoms with E-state index in [0.29, 0.717) is 5.78 Å². The van der Waals surface area contributed by atoms with E-state index in [1.165, 1.54) is 0 Å². The first kappa shape index (κ1) is 11.8. The number of carbonyl (C=O) groups excluding carboxylic acids is 1. The Balaban J connectivity index is 2.66. The molecule has 1 atom stereocenters. The number of ketones is 1. The predicted octanol–water partition coefficient (Wildman–Crippen LogP) is 2.67. The number of carbonyl (C=O) groups is 1. The normalized spacial score (nSPS) is 12.8. The van der Waals surface area contributed by atoms with E-state index in [9.17, 15) is 4.79 Å². The van der Waals surface area contributed by atoms with Crippen LogP contribution in [0.5, 0.6) is 0 Å². The summed E-state index contributed by atoms with van der Waals surface area (Å²) in [6.07, 6.45) is 0.780. The van der Waals surface area contributed by atoms with E-state index >= 15 is 0 Å².